The van der Waals surface area contributed by atoms with Gasteiger partial charge in [0.25, 0.3) is 0 Å². The van der Waals surface area contributed by atoms with Crippen molar-refractivity contribution in [1.82, 2.24) is 4.90 Å². The average molecular weight is 298 g/mol. The molecule has 1 aliphatic heterocycles. The van der Waals surface area contributed by atoms with Gasteiger partial charge in [-0.15, -0.1) is 0 Å². The molecule has 2 atom stereocenters. The summed E-state index contributed by atoms with van der Waals surface area (Å²) in [6.07, 6.45) is 4.04. The quantitative estimate of drug-likeness (QED) is 0.931. The Balaban J connectivity index is 1.72. The predicted octanol–water partition coefficient (Wildman–Crippen LogP) is 2.80. The maximum Gasteiger partial charge on any atom is 0.231 e. The van der Waals surface area contributed by atoms with E-state index in [1.807, 2.05) is 12.1 Å². The van der Waals surface area contributed by atoms with Crippen molar-refractivity contribution in [2.24, 2.45) is 0 Å². The first-order valence-electron chi connectivity index (χ1n) is 7.11. The second-order valence-electron chi connectivity index (χ2n) is 5.65. The summed E-state index contributed by atoms with van der Waals surface area (Å²) in [4.78, 5) is 2.21. The zero-order chi connectivity index (χ0) is 14.1. The number of halogens is 1. The fourth-order valence-electron chi connectivity index (χ4n) is 3.12. The van der Waals surface area contributed by atoms with Crippen LogP contribution < -0.4 is 9.47 Å². The molecule has 1 fully saturated rings. The molecule has 1 N–H and O–H groups in total. The summed E-state index contributed by atoms with van der Waals surface area (Å²) in [5, 5.41) is 10.7. The van der Waals surface area contributed by atoms with Gasteiger partial charge in [-0.2, -0.15) is 0 Å². The summed E-state index contributed by atoms with van der Waals surface area (Å²) >= 11 is 6.20. The Morgan fingerprint density at radius 3 is 2.90 bits per heavy atom. The first-order chi connectivity index (χ1) is 9.65. The van der Waals surface area contributed by atoms with Crippen molar-refractivity contribution < 1.29 is 14.6 Å². The van der Waals surface area contributed by atoms with E-state index in [4.69, 9.17) is 21.1 Å². The van der Waals surface area contributed by atoms with E-state index in [0.717, 1.165) is 31.4 Å². The molecule has 2 aliphatic rings. The fourth-order valence-corrected chi connectivity index (χ4v) is 3.41. The number of hydrogen-bond acceptors (Lipinski definition) is 4. The van der Waals surface area contributed by atoms with E-state index in [1.54, 1.807) is 0 Å². The number of aliphatic hydroxyl groups excluding tert-OH is 1. The molecule has 110 valence electrons. The van der Waals surface area contributed by atoms with Crippen molar-refractivity contribution in [2.45, 2.75) is 44.4 Å². The normalized spacial score (nSPS) is 25.2. The molecule has 0 spiro atoms. The molecule has 0 amide bonds. The van der Waals surface area contributed by atoms with E-state index in [-0.39, 0.29) is 18.9 Å². The van der Waals surface area contributed by atoms with Crippen molar-refractivity contribution in [3.8, 4) is 11.5 Å². The van der Waals surface area contributed by atoms with Crippen LogP contribution in [0.15, 0.2) is 12.1 Å². The molecule has 1 saturated carbocycles. The first-order valence-corrected chi connectivity index (χ1v) is 7.49. The van der Waals surface area contributed by atoms with E-state index in [0.29, 0.717) is 16.5 Å². The summed E-state index contributed by atoms with van der Waals surface area (Å²) in [6, 6.07) is 4.12. The molecule has 1 aromatic rings. The minimum atomic E-state index is -0.224. The minimum Gasteiger partial charge on any atom is -0.454 e. The second-order valence-corrected chi connectivity index (χ2v) is 6.05. The summed E-state index contributed by atoms with van der Waals surface area (Å²) in [7, 11) is 2.05. The molecular weight excluding hydrogens is 278 g/mol. The van der Waals surface area contributed by atoms with Crippen molar-refractivity contribution in [1.29, 1.82) is 0 Å². The van der Waals surface area contributed by atoms with Crippen LogP contribution in [0.1, 0.15) is 31.2 Å². The predicted molar refractivity (Wildman–Crippen MR) is 77.3 cm³/mol. The topological polar surface area (TPSA) is 41.9 Å². The van der Waals surface area contributed by atoms with Gasteiger partial charge in [0.1, 0.15) is 0 Å². The van der Waals surface area contributed by atoms with Crippen LogP contribution in [-0.2, 0) is 6.54 Å². The Kier molecular flexibility index (Phi) is 4.06. The van der Waals surface area contributed by atoms with Gasteiger partial charge < -0.3 is 14.6 Å². The SMILES string of the molecule is CN(Cc1cc(Cl)c2c(c1)OCO2)C1CCCCC1O. The number of aliphatic hydroxyl groups is 1. The van der Waals surface area contributed by atoms with Crippen LogP contribution in [0.4, 0.5) is 0 Å². The highest BCUT2D eigenvalue weighted by atomic mass is 35.5. The lowest BCUT2D eigenvalue weighted by Crippen LogP contribution is -2.42. The van der Waals surface area contributed by atoms with Crippen LogP contribution in [-0.4, -0.2) is 36.0 Å². The number of nitrogens with zero attached hydrogens (tertiary/aromatic N) is 1. The fraction of sp³-hybridized carbons (Fsp3) is 0.600. The minimum absolute atomic E-state index is 0.224. The molecule has 0 aromatic heterocycles. The molecule has 2 unspecified atom stereocenters. The molecule has 1 aromatic carbocycles. The Morgan fingerprint density at radius 1 is 1.30 bits per heavy atom. The molecular formula is C15H20ClNO3. The van der Waals surface area contributed by atoms with Gasteiger partial charge >= 0.3 is 0 Å². The molecule has 5 heteroatoms. The third kappa shape index (κ3) is 2.73. The summed E-state index contributed by atoms with van der Waals surface area (Å²) in [5.41, 5.74) is 1.08. The van der Waals surface area contributed by atoms with Gasteiger partial charge in [0.05, 0.1) is 11.1 Å². The number of benzene rings is 1. The highest BCUT2D eigenvalue weighted by molar-refractivity contribution is 6.32. The smallest absolute Gasteiger partial charge is 0.231 e. The highest BCUT2D eigenvalue weighted by Gasteiger charge is 2.27. The monoisotopic (exact) mass is 297 g/mol. The largest absolute Gasteiger partial charge is 0.454 e. The average Bonchev–Trinajstić information content (AvgIpc) is 2.88. The lowest BCUT2D eigenvalue weighted by molar-refractivity contribution is 0.0288. The maximum absolute atomic E-state index is 10.1. The molecule has 0 radical (unpaired) electrons. The zero-order valence-electron chi connectivity index (χ0n) is 11.6. The van der Waals surface area contributed by atoms with Crippen LogP contribution in [0.5, 0.6) is 11.5 Å². The number of hydrogen-bond donors (Lipinski definition) is 1. The van der Waals surface area contributed by atoms with Crippen LogP contribution >= 0.6 is 11.6 Å². The molecule has 0 bridgehead atoms. The van der Waals surface area contributed by atoms with Gasteiger partial charge in [0, 0.05) is 12.6 Å². The van der Waals surface area contributed by atoms with Crippen LogP contribution in [0.3, 0.4) is 0 Å². The lowest BCUT2D eigenvalue weighted by Gasteiger charge is -2.35. The van der Waals surface area contributed by atoms with Crippen molar-refractivity contribution in [3.05, 3.63) is 22.7 Å². The Hall–Kier alpha value is -0.970. The Morgan fingerprint density at radius 2 is 2.10 bits per heavy atom. The highest BCUT2D eigenvalue weighted by Crippen LogP contribution is 2.40. The zero-order valence-corrected chi connectivity index (χ0v) is 12.4. The van der Waals surface area contributed by atoms with Gasteiger partial charge in [0.2, 0.25) is 6.79 Å². The van der Waals surface area contributed by atoms with E-state index >= 15 is 0 Å². The Bertz CT molecular complexity index is 494. The summed E-state index contributed by atoms with van der Waals surface area (Å²) in [6.45, 7) is 0.980. The standard InChI is InChI=1S/C15H20ClNO3/c1-17(12-4-2-3-5-13(12)18)8-10-6-11(16)15-14(7-10)19-9-20-15/h6-7,12-13,18H,2-5,8-9H2,1H3. The van der Waals surface area contributed by atoms with Crippen LogP contribution in [0, 0.1) is 0 Å². The van der Waals surface area contributed by atoms with Crippen molar-refractivity contribution in [2.75, 3.05) is 13.8 Å². The molecule has 3 rings (SSSR count). The van der Waals surface area contributed by atoms with Crippen molar-refractivity contribution in [3.63, 3.8) is 0 Å². The van der Waals surface area contributed by atoms with Crippen LogP contribution in [0.2, 0.25) is 5.02 Å². The summed E-state index contributed by atoms with van der Waals surface area (Å²) in [5.74, 6) is 1.35. The van der Waals surface area contributed by atoms with Gasteiger partial charge in [-0.25, -0.2) is 0 Å². The number of ether oxygens (including phenoxy) is 2. The first kappa shape index (κ1) is 14.0. The van der Waals surface area contributed by atoms with Crippen LogP contribution in [0.25, 0.3) is 0 Å². The van der Waals surface area contributed by atoms with Gasteiger partial charge in [-0.1, -0.05) is 24.4 Å². The van der Waals surface area contributed by atoms with E-state index < -0.39 is 0 Å². The molecule has 1 heterocycles. The van der Waals surface area contributed by atoms with Crippen molar-refractivity contribution >= 4 is 11.6 Å². The number of fused-ring (bicyclic) bond motifs is 1. The maximum atomic E-state index is 10.1. The van der Waals surface area contributed by atoms with E-state index in [9.17, 15) is 5.11 Å². The third-order valence-corrected chi connectivity index (χ3v) is 4.46. The molecule has 4 nitrogen and oxygen atoms in total. The van der Waals surface area contributed by atoms with Gasteiger partial charge in [0.15, 0.2) is 11.5 Å². The number of likely N-dealkylation sites (N-methyl/N-ethyl adjacent to an activating group) is 1. The molecule has 1 aliphatic carbocycles. The lowest BCUT2D eigenvalue weighted by atomic mass is 9.91. The van der Waals surface area contributed by atoms with Gasteiger partial charge in [-0.3, -0.25) is 4.90 Å². The molecule has 20 heavy (non-hydrogen) atoms. The second kappa shape index (κ2) is 5.80. The summed E-state index contributed by atoms with van der Waals surface area (Å²) < 4.78 is 10.7. The third-order valence-electron chi connectivity index (χ3n) is 4.18. The Labute approximate surface area is 124 Å². The van der Waals surface area contributed by atoms with E-state index in [1.165, 1.54) is 6.42 Å². The molecule has 0 saturated heterocycles. The number of rotatable bonds is 3. The van der Waals surface area contributed by atoms with Gasteiger partial charge in [-0.05, 0) is 37.6 Å². The van der Waals surface area contributed by atoms with E-state index in [2.05, 4.69) is 11.9 Å².